The predicted molar refractivity (Wildman–Crippen MR) is 66.9 cm³/mol. The number of hydrogen-bond donors (Lipinski definition) is 0. The van der Waals surface area contributed by atoms with Gasteiger partial charge in [-0.05, 0) is 37.4 Å². The van der Waals surface area contributed by atoms with Gasteiger partial charge in [-0.15, -0.1) is 0 Å². The predicted octanol–water partition coefficient (Wildman–Crippen LogP) is 4.47. The van der Waals surface area contributed by atoms with E-state index in [1.165, 1.54) is 49.6 Å². The van der Waals surface area contributed by atoms with Crippen LogP contribution in [0.3, 0.4) is 0 Å². The molecule has 0 aromatic rings. The Kier molecular flexibility index (Phi) is 6.56. The summed E-state index contributed by atoms with van der Waals surface area (Å²) in [5.74, 6) is 2.37. The number of rotatable bonds is 5. The first-order valence-electron chi connectivity index (χ1n) is 5.50. The van der Waals surface area contributed by atoms with Gasteiger partial charge in [0.2, 0.25) is 0 Å². The van der Waals surface area contributed by atoms with Crippen LogP contribution in [0.1, 0.15) is 45.4 Å². The number of alkyl halides is 1. The minimum absolute atomic E-state index is 0.985. The summed E-state index contributed by atoms with van der Waals surface area (Å²) < 4.78 is 0. The van der Waals surface area contributed by atoms with Gasteiger partial charge in [-0.2, -0.15) is 11.8 Å². The Bertz CT molecular complexity index is 127. The number of unbranched alkanes of at least 4 members (excludes halogenated alkanes) is 1. The van der Waals surface area contributed by atoms with Crippen LogP contribution < -0.4 is 0 Å². The zero-order valence-corrected chi connectivity index (χ0v) is 11.0. The Balaban J connectivity index is 2.00. The summed E-state index contributed by atoms with van der Waals surface area (Å²) in [6.07, 6.45) is 8.62. The van der Waals surface area contributed by atoms with Gasteiger partial charge in [-0.25, -0.2) is 0 Å². The van der Waals surface area contributed by atoms with Crippen LogP contribution in [-0.2, 0) is 0 Å². The quantitative estimate of drug-likeness (QED) is 0.522. The first-order chi connectivity index (χ1) is 6.33. The van der Waals surface area contributed by atoms with Crippen molar-refractivity contribution < 1.29 is 0 Å². The van der Waals surface area contributed by atoms with E-state index in [1.807, 2.05) is 0 Å². The van der Waals surface area contributed by atoms with Gasteiger partial charge in [0.25, 0.3) is 0 Å². The average Bonchev–Trinajstić information content (AvgIpc) is 2.13. The molecule has 1 aliphatic carbocycles. The number of hydrogen-bond acceptors (Lipinski definition) is 1. The molecule has 2 atom stereocenters. The van der Waals surface area contributed by atoms with Crippen molar-refractivity contribution in [1.29, 1.82) is 0 Å². The molecule has 0 heterocycles. The van der Waals surface area contributed by atoms with Gasteiger partial charge in [0.15, 0.2) is 0 Å². The van der Waals surface area contributed by atoms with Crippen molar-refractivity contribution in [2.75, 3.05) is 11.1 Å². The molecule has 0 saturated heterocycles. The molecule has 13 heavy (non-hydrogen) atoms. The van der Waals surface area contributed by atoms with Crippen LogP contribution in [0, 0.1) is 5.92 Å². The van der Waals surface area contributed by atoms with E-state index in [1.54, 1.807) is 0 Å². The third-order valence-corrected chi connectivity index (χ3v) is 4.75. The van der Waals surface area contributed by atoms with Crippen molar-refractivity contribution in [2.24, 2.45) is 5.92 Å². The van der Waals surface area contributed by atoms with E-state index in [4.69, 9.17) is 0 Å². The zero-order chi connectivity index (χ0) is 9.52. The lowest BCUT2D eigenvalue weighted by atomic mass is 9.91. The molecule has 1 aliphatic rings. The maximum absolute atomic E-state index is 3.48. The molecule has 0 nitrogen and oxygen atoms in total. The molecule has 1 saturated carbocycles. The second kappa shape index (κ2) is 7.17. The van der Waals surface area contributed by atoms with Gasteiger partial charge in [0.05, 0.1) is 0 Å². The third kappa shape index (κ3) is 5.31. The van der Waals surface area contributed by atoms with Crippen LogP contribution in [0.15, 0.2) is 0 Å². The van der Waals surface area contributed by atoms with Crippen molar-refractivity contribution in [2.45, 2.75) is 50.7 Å². The summed E-state index contributed by atoms with van der Waals surface area (Å²) in [4.78, 5) is 0. The lowest BCUT2D eigenvalue weighted by molar-refractivity contribution is 0.394. The normalized spacial score (nSPS) is 29.1. The summed E-state index contributed by atoms with van der Waals surface area (Å²) in [5.41, 5.74) is 0. The second-order valence-corrected chi connectivity index (χ2v) is 6.36. The molecule has 0 amide bonds. The fourth-order valence-electron chi connectivity index (χ4n) is 1.98. The molecule has 1 rings (SSSR count). The Morgan fingerprint density at radius 2 is 2.15 bits per heavy atom. The second-order valence-electron chi connectivity index (χ2n) is 4.16. The van der Waals surface area contributed by atoms with E-state index in [-0.39, 0.29) is 0 Å². The van der Waals surface area contributed by atoms with Crippen LogP contribution in [-0.4, -0.2) is 16.3 Å². The molecular formula is C11H21BrS. The molecule has 2 unspecified atom stereocenters. The van der Waals surface area contributed by atoms with Crippen molar-refractivity contribution in [1.82, 2.24) is 0 Å². The molecule has 78 valence electrons. The molecule has 0 aromatic carbocycles. The number of halogens is 1. The molecule has 0 radical (unpaired) electrons. The summed E-state index contributed by atoms with van der Waals surface area (Å²) in [7, 11) is 0. The molecule has 0 N–H and O–H groups in total. The minimum Gasteiger partial charge on any atom is -0.159 e. The van der Waals surface area contributed by atoms with Gasteiger partial charge in [-0.1, -0.05) is 35.7 Å². The Labute approximate surface area is 95.4 Å². The molecular weight excluding hydrogens is 244 g/mol. The average molecular weight is 265 g/mol. The Hall–Kier alpha value is 0.830. The summed E-state index contributed by atoms with van der Waals surface area (Å²) in [6.45, 7) is 2.41. The fraction of sp³-hybridized carbons (Fsp3) is 1.00. The van der Waals surface area contributed by atoms with Gasteiger partial charge < -0.3 is 0 Å². The van der Waals surface area contributed by atoms with Crippen molar-refractivity contribution in [3.63, 3.8) is 0 Å². The Morgan fingerprint density at radius 3 is 2.85 bits per heavy atom. The van der Waals surface area contributed by atoms with E-state index in [9.17, 15) is 0 Å². The molecule has 0 spiro atoms. The molecule has 0 bridgehead atoms. The summed E-state index contributed by atoms with van der Waals surface area (Å²) in [5, 5.41) is 2.16. The van der Waals surface area contributed by atoms with Crippen molar-refractivity contribution in [3.05, 3.63) is 0 Å². The van der Waals surface area contributed by atoms with Gasteiger partial charge in [0.1, 0.15) is 0 Å². The topological polar surface area (TPSA) is 0 Å². The van der Waals surface area contributed by atoms with E-state index in [0.717, 1.165) is 11.2 Å². The standard InChI is InChI=1S/C11H21BrS/c1-10-5-4-6-11(9-10)13-8-3-2-7-12/h10-11H,2-9H2,1H3. The van der Waals surface area contributed by atoms with Crippen LogP contribution in [0.2, 0.25) is 0 Å². The number of thioether (sulfide) groups is 1. The first kappa shape index (κ1) is 11.9. The van der Waals surface area contributed by atoms with Crippen molar-refractivity contribution in [3.8, 4) is 0 Å². The molecule has 2 heteroatoms. The minimum atomic E-state index is 0.985. The molecule has 0 aromatic heterocycles. The Morgan fingerprint density at radius 1 is 1.31 bits per heavy atom. The van der Waals surface area contributed by atoms with E-state index >= 15 is 0 Å². The maximum Gasteiger partial charge on any atom is 0.00495 e. The zero-order valence-electron chi connectivity index (χ0n) is 8.60. The van der Waals surface area contributed by atoms with Crippen molar-refractivity contribution >= 4 is 27.7 Å². The molecule has 0 aliphatic heterocycles. The van der Waals surface area contributed by atoms with E-state index in [2.05, 4.69) is 34.6 Å². The fourth-order valence-corrected chi connectivity index (χ4v) is 3.87. The third-order valence-electron chi connectivity index (χ3n) is 2.77. The summed E-state index contributed by atoms with van der Waals surface area (Å²) in [6, 6.07) is 0. The largest absolute Gasteiger partial charge is 0.159 e. The highest BCUT2D eigenvalue weighted by molar-refractivity contribution is 9.09. The van der Waals surface area contributed by atoms with Gasteiger partial charge in [-0.3, -0.25) is 0 Å². The summed E-state index contributed by atoms with van der Waals surface area (Å²) >= 11 is 5.70. The first-order valence-corrected chi connectivity index (χ1v) is 7.67. The SMILES string of the molecule is CC1CCCC(SCCCCBr)C1. The van der Waals surface area contributed by atoms with Crippen LogP contribution >= 0.6 is 27.7 Å². The maximum atomic E-state index is 3.48. The monoisotopic (exact) mass is 264 g/mol. The highest BCUT2D eigenvalue weighted by atomic mass is 79.9. The van der Waals surface area contributed by atoms with Crippen LogP contribution in [0.25, 0.3) is 0 Å². The van der Waals surface area contributed by atoms with Gasteiger partial charge in [0, 0.05) is 10.6 Å². The van der Waals surface area contributed by atoms with Crippen LogP contribution in [0.4, 0.5) is 0 Å². The molecule has 1 fully saturated rings. The lowest BCUT2D eigenvalue weighted by Gasteiger charge is -2.26. The smallest absolute Gasteiger partial charge is 0.00495 e. The lowest BCUT2D eigenvalue weighted by Crippen LogP contribution is -2.15. The van der Waals surface area contributed by atoms with E-state index < -0.39 is 0 Å². The highest BCUT2D eigenvalue weighted by Crippen LogP contribution is 2.32. The highest BCUT2D eigenvalue weighted by Gasteiger charge is 2.18. The van der Waals surface area contributed by atoms with Gasteiger partial charge >= 0.3 is 0 Å². The van der Waals surface area contributed by atoms with E-state index in [0.29, 0.717) is 0 Å². The van der Waals surface area contributed by atoms with Crippen LogP contribution in [0.5, 0.6) is 0 Å².